The first-order valence-corrected chi connectivity index (χ1v) is 9.42. The van der Waals surface area contributed by atoms with Gasteiger partial charge in [0.25, 0.3) is 0 Å². The third-order valence-electron chi connectivity index (χ3n) is 3.67. The van der Waals surface area contributed by atoms with Crippen molar-refractivity contribution in [2.24, 2.45) is 0 Å². The van der Waals surface area contributed by atoms with E-state index in [-0.39, 0.29) is 11.5 Å². The van der Waals surface area contributed by atoms with E-state index in [1.807, 2.05) is 0 Å². The zero-order valence-electron chi connectivity index (χ0n) is 12.8. The monoisotopic (exact) mass is 312 g/mol. The van der Waals surface area contributed by atoms with Crippen molar-refractivity contribution in [3.05, 3.63) is 11.9 Å². The van der Waals surface area contributed by atoms with Gasteiger partial charge < -0.3 is 10.2 Å². The van der Waals surface area contributed by atoms with Crippen LogP contribution >= 0.6 is 0 Å². The Balaban J connectivity index is 2.26. The van der Waals surface area contributed by atoms with Crippen molar-refractivity contribution in [1.82, 2.24) is 9.97 Å². The molecule has 1 N–H and O–H groups in total. The van der Waals surface area contributed by atoms with E-state index in [1.54, 1.807) is 6.33 Å². The summed E-state index contributed by atoms with van der Waals surface area (Å²) < 4.78 is 23.5. The van der Waals surface area contributed by atoms with Crippen LogP contribution in [0.5, 0.6) is 0 Å². The SMILES string of the molecule is CCCNc1ncnc(N2CCCS(=O)(=O)CC2)c1CC. The van der Waals surface area contributed by atoms with Gasteiger partial charge in [-0.2, -0.15) is 0 Å². The maximum atomic E-state index is 11.7. The molecule has 2 heterocycles. The molecule has 7 heteroatoms. The summed E-state index contributed by atoms with van der Waals surface area (Å²) in [6.45, 7) is 6.31. The molecular formula is C14H24N4O2S. The highest BCUT2D eigenvalue weighted by Crippen LogP contribution is 2.25. The number of hydrogen-bond acceptors (Lipinski definition) is 6. The summed E-state index contributed by atoms with van der Waals surface area (Å²) in [5.41, 5.74) is 1.07. The molecule has 1 aromatic rings. The van der Waals surface area contributed by atoms with Gasteiger partial charge in [-0.05, 0) is 19.3 Å². The average molecular weight is 312 g/mol. The van der Waals surface area contributed by atoms with E-state index < -0.39 is 9.84 Å². The van der Waals surface area contributed by atoms with Crippen LogP contribution in [0.15, 0.2) is 6.33 Å². The number of aromatic nitrogens is 2. The molecule has 21 heavy (non-hydrogen) atoms. The number of sulfone groups is 1. The second kappa shape index (κ2) is 7.06. The van der Waals surface area contributed by atoms with Crippen molar-refractivity contribution < 1.29 is 8.42 Å². The predicted molar refractivity (Wildman–Crippen MR) is 85.7 cm³/mol. The van der Waals surface area contributed by atoms with E-state index in [0.29, 0.717) is 13.0 Å². The number of nitrogens with zero attached hydrogens (tertiary/aromatic N) is 3. The van der Waals surface area contributed by atoms with E-state index >= 15 is 0 Å². The van der Waals surface area contributed by atoms with E-state index in [9.17, 15) is 8.42 Å². The van der Waals surface area contributed by atoms with Gasteiger partial charge in [-0.25, -0.2) is 18.4 Å². The van der Waals surface area contributed by atoms with E-state index in [4.69, 9.17) is 0 Å². The second-order valence-electron chi connectivity index (χ2n) is 5.30. The molecule has 1 saturated heterocycles. The lowest BCUT2D eigenvalue weighted by molar-refractivity contribution is 0.597. The summed E-state index contributed by atoms with van der Waals surface area (Å²) in [6.07, 6.45) is 4.08. The Morgan fingerprint density at radius 3 is 2.76 bits per heavy atom. The Hall–Kier alpha value is -1.37. The highest BCUT2D eigenvalue weighted by molar-refractivity contribution is 7.91. The maximum absolute atomic E-state index is 11.7. The van der Waals surface area contributed by atoms with Crippen molar-refractivity contribution in [2.45, 2.75) is 33.1 Å². The zero-order chi connectivity index (χ0) is 15.3. The van der Waals surface area contributed by atoms with E-state index in [1.165, 1.54) is 0 Å². The molecule has 0 atom stereocenters. The topological polar surface area (TPSA) is 75.2 Å². The van der Waals surface area contributed by atoms with Gasteiger partial charge >= 0.3 is 0 Å². The van der Waals surface area contributed by atoms with Crippen LogP contribution in [-0.2, 0) is 16.3 Å². The van der Waals surface area contributed by atoms with Crippen molar-refractivity contribution in [3.63, 3.8) is 0 Å². The molecule has 1 fully saturated rings. The normalized spacial score (nSPS) is 18.3. The lowest BCUT2D eigenvalue weighted by Gasteiger charge is -2.24. The van der Waals surface area contributed by atoms with Gasteiger partial charge in [0.15, 0.2) is 9.84 Å². The van der Waals surface area contributed by atoms with Gasteiger partial charge in [-0.3, -0.25) is 0 Å². The summed E-state index contributed by atoms with van der Waals surface area (Å²) >= 11 is 0. The van der Waals surface area contributed by atoms with Crippen LogP contribution in [0, 0.1) is 0 Å². The smallest absolute Gasteiger partial charge is 0.152 e. The molecule has 0 bridgehead atoms. The quantitative estimate of drug-likeness (QED) is 0.888. The van der Waals surface area contributed by atoms with Crippen LogP contribution in [0.25, 0.3) is 0 Å². The van der Waals surface area contributed by atoms with Crippen molar-refractivity contribution in [3.8, 4) is 0 Å². The minimum Gasteiger partial charge on any atom is -0.370 e. The third kappa shape index (κ3) is 4.06. The molecule has 1 aromatic heterocycles. The molecule has 0 spiro atoms. The average Bonchev–Trinajstić information content (AvgIpc) is 2.65. The maximum Gasteiger partial charge on any atom is 0.152 e. The molecule has 2 rings (SSSR count). The molecule has 0 aromatic carbocycles. The summed E-state index contributed by atoms with van der Waals surface area (Å²) in [4.78, 5) is 10.8. The molecule has 0 amide bonds. The van der Waals surface area contributed by atoms with Crippen LogP contribution in [-0.4, -0.2) is 49.5 Å². The first-order chi connectivity index (χ1) is 10.1. The Labute approximate surface area is 126 Å². The Bertz CT molecular complexity index is 574. The van der Waals surface area contributed by atoms with Gasteiger partial charge in [-0.15, -0.1) is 0 Å². The highest BCUT2D eigenvalue weighted by Gasteiger charge is 2.22. The first-order valence-electron chi connectivity index (χ1n) is 7.60. The van der Waals surface area contributed by atoms with Gasteiger partial charge in [0.2, 0.25) is 0 Å². The molecule has 6 nitrogen and oxygen atoms in total. The molecule has 1 aliphatic heterocycles. The molecule has 118 valence electrons. The van der Waals surface area contributed by atoms with Crippen LogP contribution in [0.4, 0.5) is 11.6 Å². The number of rotatable bonds is 5. The summed E-state index contributed by atoms with van der Waals surface area (Å²) in [5, 5.41) is 3.33. The van der Waals surface area contributed by atoms with Gasteiger partial charge in [0.05, 0.1) is 11.5 Å². The van der Waals surface area contributed by atoms with Crippen molar-refractivity contribution >= 4 is 21.5 Å². The lowest BCUT2D eigenvalue weighted by Crippen LogP contribution is -2.29. The molecule has 0 unspecified atom stereocenters. The fourth-order valence-corrected chi connectivity index (χ4v) is 3.82. The second-order valence-corrected chi connectivity index (χ2v) is 7.60. The van der Waals surface area contributed by atoms with Crippen LogP contribution in [0.3, 0.4) is 0 Å². The highest BCUT2D eigenvalue weighted by atomic mass is 32.2. The largest absolute Gasteiger partial charge is 0.370 e. The Kier molecular flexibility index (Phi) is 5.39. The molecular weight excluding hydrogens is 288 g/mol. The third-order valence-corrected chi connectivity index (χ3v) is 5.39. The first kappa shape index (κ1) is 16.0. The fraction of sp³-hybridized carbons (Fsp3) is 0.714. The van der Waals surface area contributed by atoms with Gasteiger partial charge in [0, 0.05) is 25.2 Å². The van der Waals surface area contributed by atoms with Crippen LogP contribution in [0.2, 0.25) is 0 Å². The van der Waals surface area contributed by atoms with Crippen molar-refractivity contribution in [2.75, 3.05) is 41.4 Å². The summed E-state index contributed by atoms with van der Waals surface area (Å²) in [6, 6.07) is 0. The van der Waals surface area contributed by atoms with Crippen molar-refractivity contribution in [1.29, 1.82) is 0 Å². The fourth-order valence-electron chi connectivity index (χ4n) is 2.55. The lowest BCUT2D eigenvalue weighted by atomic mass is 10.2. The minimum absolute atomic E-state index is 0.206. The van der Waals surface area contributed by atoms with Crippen LogP contribution in [0.1, 0.15) is 32.3 Å². The zero-order valence-corrected chi connectivity index (χ0v) is 13.6. The number of nitrogens with one attached hydrogen (secondary N) is 1. The summed E-state index contributed by atoms with van der Waals surface area (Å²) in [7, 11) is -2.90. The standard InChI is InChI=1S/C14H24N4O2S/c1-3-6-15-13-12(4-2)14(17-11-16-13)18-7-5-9-21(19,20)10-8-18/h11H,3-10H2,1-2H3,(H,15,16,17). The molecule has 1 aliphatic rings. The Morgan fingerprint density at radius 2 is 2.05 bits per heavy atom. The van der Waals surface area contributed by atoms with Gasteiger partial charge in [-0.1, -0.05) is 13.8 Å². The Morgan fingerprint density at radius 1 is 1.24 bits per heavy atom. The molecule has 0 saturated carbocycles. The minimum atomic E-state index is -2.90. The van der Waals surface area contributed by atoms with E-state index in [2.05, 4.69) is 34.0 Å². The molecule has 0 radical (unpaired) electrons. The van der Waals surface area contributed by atoms with E-state index in [0.717, 1.165) is 43.1 Å². The van der Waals surface area contributed by atoms with Crippen LogP contribution < -0.4 is 10.2 Å². The number of anilines is 2. The van der Waals surface area contributed by atoms with Gasteiger partial charge in [0.1, 0.15) is 18.0 Å². The summed E-state index contributed by atoms with van der Waals surface area (Å²) in [5.74, 6) is 2.23. The predicted octanol–water partition coefficient (Wildman–Crippen LogP) is 1.49. The number of hydrogen-bond donors (Lipinski definition) is 1. The molecule has 0 aliphatic carbocycles.